The minimum Gasteiger partial charge on any atom is -0.493 e. The fraction of sp³-hybridized carbons (Fsp3) is 0.188. The highest BCUT2D eigenvalue weighted by Crippen LogP contribution is 2.28. The van der Waals surface area contributed by atoms with Crippen LogP contribution in [0.1, 0.15) is 15.9 Å². The zero-order valence-corrected chi connectivity index (χ0v) is 12.8. The van der Waals surface area contributed by atoms with E-state index in [1.165, 1.54) is 24.3 Å². The molecule has 2 aromatic rings. The Hall–Kier alpha value is -2.34. The molecule has 0 spiro atoms. The maximum absolute atomic E-state index is 12.2. The molecule has 0 fully saturated rings. The Labute approximate surface area is 128 Å². The molecule has 0 bridgehead atoms. The van der Waals surface area contributed by atoms with Crippen molar-refractivity contribution in [2.45, 2.75) is 11.3 Å². The molecule has 0 aromatic heterocycles. The third kappa shape index (κ3) is 2.96. The van der Waals surface area contributed by atoms with Crippen LogP contribution in [-0.2, 0) is 16.3 Å². The number of rotatable bonds is 3. The van der Waals surface area contributed by atoms with Crippen molar-refractivity contribution in [2.24, 2.45) is 0 Å². The predicted molar refractivity (Wildman–Crippen MR) is 83.1 cm³/mol. The van der Waals surface area contributed by atoms with Gasteiger partial charge in [0, 0.05) is 23.9 Å². The van der Waals surface area contributed by atoms with Crippen molar-refractivity contribution in [3.8, 4) is 5.75 Å². The molecule has 1 aliphatic rings. The summed E-state index contributed by atoms with van der Waals surface area (Å²) in [4.78, 5) is 12.4. The highest BCUT2D eigenvalue weighted by Gasteiger charge is 2.14. The van der Waals surface area contributed by atoms with Crippen molar-refractivity contribution in [3.05, 3.63) is 53.6 Å². The van der Waals surface area contributed by atoms with Gasteiger partial charge in [-0.1, -0.05) is 0 Å². The first-order valence-electron chi connectivity index (χ1n) is 6.81. The predicted octanol–water partition coefficient (Wildman–Crippen LogP) is 2.28. The topological polar surface area (TPSA) is 72.5 Å². The number of benzene rings is 2. The zero-order valence-electron chi connectivity index (χ0n) is 12.0. The van der Waals surface area contributed by atoms with Gasteiger partial charge in [0.2, 0.25) is 0 Å². The first kappa shape index (κ1) is 14.6. The molecule has 22 heavy (non-hydrogen) atoms. The fourth-order valence-corrected chi connectivity index (χ4v) is 2.95. The molecule has 6 heteroatoms. The van der Waals surface area contributed by atoms with Crippen LogP contribution in [0.2, 0.25) is 0 Å². The molecule has 0 atom stereocenters. The van der Waals surface area contributed by atoms with Crippen LogP contribution in [0.25, 0.3) is 0 Å². The average Bonchev–Trinajstić information content (AvgIpc) is 2.94. The van der Waals surface area contributed by atoms with Crippen LogP contribution >= 0.6 is 0 Å². The largest absolute Gasteiger partial charge is 0.493 e. The molecule has 1 amide bonds. The summed E-state index contributed by atoms with van der Waals surface area (Å²) in [6.07, 6.45) is 1.97. The standard InChI is InChI=1S/C16H15NO4S/c1-22(19,20)14-5-2-11(3-6-14)16(18)17-13-4-7-15-12(10-13)8-9-21-15/h2-7,10H,8-9H2,1H3,(H,17,18). The summed E-state index contributed by atoms with van der Waals surface area (Å²) < 4.78 is 28.2. The van der Waals surface area contributed by atoms with Gasteiger partial charge < -0.3 is 10.1 Å². The van der Waals surface area contributed by atoms with Gasteiger partial charge in [0.1, 0.15) is 5.75 Å². The molecular formula is C16H15NO4S. The second-order valence-corrected chi connectivity index (χ2v) is 7.19. The molecule has 114 valence electrons. The number of hydrogen-bond acceptors (Lipinski definition) is 4. The van der Waals surface area contributed by atoms with Gasteiger partial charge in [-0.3, -0.25) is 4.79 Å². The Bertz CT molecular complexity index is 826. The van der Waals surface area contributed by atoms with E-state index in [1.54, 1.807) is 6.07 Å². The maximum Gasteiger partial charge on any atom is 0.255 e. The molecule has 0 saturated heterocycles. The summed E-state index contributed by atoms with van der Waals surface area (Å²) in [6.45, 7) is 0.666. The Balaban J connectivity index is 1.77. The first-order chi connectivity index (χ1) is 10.4. The monoisotopic (exact) mass is 317 g/mol. The van der Waals surface area contributed by atoms with Gasteiger partial charge in [-0.15, -0.1) is 0 Å². The highest BCUT2D eigenvalue weighted by molar-refractivity contribution is 7.90. The third-order valence-corrected chi connectivity index (χ3v) is 4.62. The summed E-state index contributed by atoms with van der Waals surface area (Å²) in [6, 6.07) is 11.4. The van der Waals surface area contributed by atoms with Crippen molar-refractivity contribution >= 4 is 21.4 Å². The summed E-state index contributed by atoms with van der Waals surface area (Å²) in [5, 5.41) is 2.80. The second-order valence-electron chi connectivity index (χ2n) is 5.17. The molecule has 1 aliphatic heterocycles. The lowest BCUT2D eigenvalue weighted by Crippen LogP contribution is -2.12. The van der Waals surface area contributed by atoms with Crippen molar-refractivity contribution in [1.82, 2.24) is 0 Å². The van der Waals surface area contributed by atoms with E-state index in [9.17, 15) is 13.2 Å². The Morgan fingerprint density at radius 2 is 1.86 bits per heavy atom. The number of carbonyl (C=O) groups excluding carboxylic acids is 1. The molecule has 0 radical (unpaired) electrons. The summed E-state index contributed by atoms with van der Waals surface area (Å²) in [5.41, 5.74) is 2.18. The number of fused-ring (bicyclic) bond motifs is 1. The van der Waals surface area contributed by atoms with Gasteiger partial charge in [0.25, 0.3) is 5.91 Å². The second kappa shape index (κ2) is 5.46. The molecule has 0 saturated carbocycles. The maximum atomic E-state index is 12.2. The number of amides is 1. The third-order valence-electron chi connectivity index (χ3n) is 3.49. The van der Waals surface area contributed by atoms with E-state index >= 15 is 0 Å². The van der Waals surface area contributed by atoms with Crippen LogP contribution in [0.5, 0.6) is 5.75 Å². The number of nitrogens with one attached hydrogen (secondary N) is 1. The SMILES string of the molecule is CS(=O)(=O)c1ccc(C(=O)Nc2ccc3c(c2)CCO3)cc1. The minimum atomic E-state index is -3.26. The minimum absolute atomic E-state index is 0.193. The lowest BCUT2D eigenvalue weighted by molar-refractivity contribution is 0.102. The van der Waals surface area contributed by atoms with Crippen molar-refractivity contribution in [1.29, 1.82) is 0 Å². The zero-order chi connectivity index (χ0) is 15.7. The van der Waals surface area contributed by atoms with Gasteiger partial charge in [-0.2, -0.15) is 0 Å². The van der Waals surface area contributed by atoms with E-state index < -0.39 is 9.84 Å². The van der Waals surface area contributed by atoms with Crippen LogP contribution in [0, 0.1) is 0 Å². The van der Waals surface area contributed by atoms with Crippen LogP contribution < -0.4 is 10.1 Å². The van der Waals surface area contributed by atoms with Gasteiger partial charge in [-0.05, 0) is 48.0 Å². The van der Waals surface area contributed by atoms with Crippen LogP contribution in [0.15, 0.2) is 47.4 Å². The van der Waals surface area contributed by atoms with E-state index in [-0.39, 0.29) is 10.8 Å². The molecule has 0 unspecified atom stereocenters. The molecule has 1 heterocycles. The number of carbonyl (C=O) groups is 1. The van der Waals surface area contributed by atoms with Crippen molar-refractivity contribution in [2.75, 3.05) is 18.2 Å². The lowest BCUT2D eigenvalue weighted by atomic mass is 10.1. The van der Waals surface area contributed by atoms with E-state index in [0.29, 0.717) is 17.9 Å². The fourth-order valence-electron chi connectivity index (χ4n) is 2.32. The average molecular weight is 317 g/mol. The Morgan fingerprint density at radius 3 is 2.55 bits per heavy atom. The Morgan fingerprint density at radius 1 is 1.14 bits per heavy atom. The molecule has 5 nitrogen and oxygen atoms in total. The smallest absolute Gasteiger partial charge is 0.255 e. The van der Waals surface area contributed by atoms with Crippen molar-refractivity contribution in [3.63, 3.8) is 0 Å². The van der Waals surface area contributed by atoms with Crippen molar-refractivity contribution < 1.29 is 17.9 Å². The summed E-state index contributed by atoms with van der Waals surface area (Å²) in [5.74, 6) is 0.578. The molecule has 1 N–H and O–H groups in total. The van der Waals surface area contributed by atoms with Crippen LogP contribution in [-0.4, -0.2) is 27.2 Å². The summed E-state index contributed by atoms with van der Waals surface area (Å²) >= 11 is 0. The van der Waals surface area contributed by atoms with E-state index in [1.807, 2.05) is 12.1 Å². The highest BCUT2D eigenvalue weighted by atomic mass is 32.2. The number of sulfone groups is 1. The van der Waals surface area contributed by atoms with Gasteiger partial charge in [0.05, 0.1) is 11.5 Å². The molecule has 0 aliphatic carbocycles. The molecule has 2 aromatic carbocycles. The molecular weight excluding hydrogens is 302 g/mol. The van der Waals surface area contributed by atoms with Crippen LogP contribution in [0.4, 0.5) is 5.69 Å². The van der Waals surface area contributed by atoms with E-state index in [4.69, 9.17) is 4.74 Å². The lowest BCUT2D eigenvalue weighted by Gasteiger charge is -2.07. The normalized spacial score (nSPS) is 13.3. The van der Waals surface area contributed by atoms with E-state index in [0.717, 1.165) is 24.0 Å². The van der Waals surface area contributed by atoms with E-state index in [2.05, 4.69) is 5.32 Å². The number of hydrogen-bond donors (Lipinski definition) is 1. The summed E-state index contributed by atoms with van der Waals surface area (Å²) in [7, 11) is -3.26. The molecule has 3 rings (SSSR count). The first-order valence-corrected chi connectivity index (χ1v) is 8.70. The number of anilines is 1. The number of ether oxygens (including phenoxy) is 1. The van der Waals surface area contributed by atoms with Gasteiger partial charge >= 0.3 is 0 Å². The Kier molecular flexibility index (Phi) is 3.62. The quantitative estimate of drug-likeness (QED) is 0.942. The van der Waals surface area contributed by atoms with Gasteiger partial charge in [0.15, 0.2) is 9.84 Å². The van der Waals surface area contributed by atoms with Gasteiger partial charge in [-0.25, -0.2) is 8.42 Å². The van der Waals surface area contributed by atoms with Crippen LogP contribution in [0.3, 0.4) is 0 Å².